The molecule has 1 amide bonds. The molecule has 1 aromatic carbocycles. The Hall–Kier alpha value is -3.34. The van der Waals surface area contributed by atoms with Gasteiger partial charge in [0.15, 0.2) is 0 Å². The van der Waals surface area contributed by atoms with Crippen LogP contribution in [0.2, 0.25) is 0 Å². The molecule has 24 heavy (non-hydrogen) atoms. The second-order valence-electron chi connectivity index (χ2n) is 5.44. The molecule has 1 fully saturated rings. The third-order valence-electron chi connectivity index (χ3n) is 3.92. The molecule has 0 atom stereocenters. The number of nitrogens with zero attached hydrogens (tertiary/aromatic N) is 3. The zero-order chi connectivity index (χ0) is 17.1. The maximum Gasteiger partial charge on any atom is 0.326 e. The molecule has 0 spiro atoms. The van der Waals surface area contributed by atoms with Crippen molar-refractivity contribution in [2.24, 2.45) is 0 Å². The van der Waals surface area contributed by atoms with Gasteiger partial charge in [0.2, 0.25) is 0 Å². The van der Waals surface area contributed by atoms with E-state index in [9.17, 15) is 14.4 Å². The van der Waals surface area contributed by atoms with Gasteiger partial charge < -0.3 is 14.8 Å². The Labute approximate surface area is 137 Å². The summed E-state index contributed by atoms with van der Waals surface area (Å²) in [5.41, 5.74) is 0.299. The zero-order valence-corrected chi connectivity index (χ0v) is 12.8. The topological polar surface area (TPSA) is 113 Å². The van der Waals surface area contributed by atoms with E-state index in [1.807, 2.05) is 17.1 Å². The summed E-state index contributed by atoms with van der Waals surface area (Å²) >= 11 is 0. The van der Waals surface area contributed by atoms with Crippen LogP contribution in [-0.2, 0) is 0 Å². The number of hydrogen-bond donors (Lipinski definition) is 2. The second-order valence-corrected chi connectivity index (χ2v) is 5.44. The van der Waals surface area contributed by atoms with Crippen molar-refractivity contribution in [2.75, 3.05) is 31.1 Å². The van der Waals surface area contributed by atoms with Gasteiger partial charge in [0.1, 0.15) is 5.69 Å². The number of H-pyrrole nitrogens is 2. The van der Waals surface area contributed by atoms with Crippen LogP contribution in [0.25, 0.3) is 0 Å². The number of piperazine rings is 1. The van der Waals surface area contributed by atoms with Crippen molar-refractivity contribution in [3.63, 3.8) is 0 Å². The Bertz CT molecular complexity index is 871. The van der Waals surface area contributed by atoms with Crippen LogP contribution in [0.1, 0.15) is 16.1 Å². The van der Waals surface area contributed by atoms with Crippen molar-refractivity contribution in [1.29, 1.82) is 5.26 Å². The predicted octanol–water partition coefficient (Wildman–Crippen LogP) is -0.103. The van der Waals surface area contributed by atoms with E-state index in [4.69, 9.17) is 5.26 Å². The number of aromatic amines is 2. The molecule has 0 radical (unpaired) electrons. The number of carbonyl (C=O) groups is 1. The minimum absolute atomic E-state index is 0.00410. The van der Waals surface area contributed by atoms with Gasteiger partial charge in [0, 0.05) is 37.9 Å². The van der Waals surface area contributed by atoms with Crippen molar-refractivity contribution in [3.05, 3.63) is 62.4 Å². The summed E-state index contributed by atoms with van der Waals surface area (Å²) in [6.45, 7) is 2.22. The summed E-state index contributed by atoms with van der Waals surface area (Å²) in [5, 5.41) is 8.82. The van der Waals surface area contributed by atoms with E-state index in [1.165, 1.54) is 0 Å². The normalized spacial score (nSPS) is 14.3. The number of nitriles is 1. The second kappa shape index (κ2) is 6.42. The highest BCUT2D eigenvalue weighted by atomic mass is 16.2. The van der Waals surface area contributed by atoms with E-state index in [1.54, 1.807) is 17.0 Å². The number of amides is 1. The SMILES string of the molecule is N#Cc1ccc(N2CCN(C(=O)c3cc(=O)[nH]c(=O)[nH]3)CC2)cc1. The lowest BCUT2D eigenvalue weighted by Crippen LogP contribution is -2.49. The summed E-state index contributed by atoms with van der Waals surface area (Å²) in [5.74, 6) is -0.363. The van der Waals surface area contributed by atoms with Crippen molar-refractivity contribution in [3.8, 4) is 6.07 Å². The fourth-order valence-corrected chi connectivity index (χ4v) is 2.67. The van der Waals surface area contributed by atoms with Gasteiger partial charge in [-0.3, -0.25) is 14.6 Å². The number of rotatable bonds is 2. The lowest BCUT2D eigenvalue weighted by atomic mass is 10.2. The van der Waals surface area contributed by atoms with Crippen LogP contribution in [0.4, 0.5) is 5.69 Å². The van der Waals surface area contributed by atoms with Crippen molar-refractivity contribution < 1.29 is 4.79 Å². The molecule has 2 aromatic rings. The van der Waals surface area contributed by atoms with E-state index in [0.29, 0.717) is 31.7 Å². The lowest BCUT2D eigenvalue weighted by Gasteiger charge is -2.36. The van der Waals surface area contributed by atoms with Gasteiger partial charge in [0.05, 0.1) is 11.6 Å². The van der Waals surface area contributed by atoms with Crippen molar-refractivity contribution in [2.45, 2.75) is 0 Å². The van der Waals surface area contributed by atoms with Crippen LogP contribution in [-0.4, -0.2) is 47.0 Å². The van der Waals surface area contributed by atoms with Gasteiger partial charge in [0.25, 0.3) is 11.5 Å². The van der Waals surface area contributed by atoms with Gasteiger partial charge in [-0.25, -0.2) is 4.79 Å². The molecule has 0 saturated carbocycles. The van der Waals surface area contributed by atoms with E-state index in [2.05, 4.69) is 16.0 Å². The highest BCUT2D eigenvalue weighted by Crippen LogP contribution is 2.17. The van der Waals surface area contributed by atoms with E-state index in [-0.39, 0.29) is 11.6 Å². The first-order chi connectivity index (χ1) is 11.6. The summed E-state index contributed by atoms with van der Waals surface area (Å²) in [7, 11) is 0. The molecule has 8 heteroatoms. The largest absolute Gasteiger partial charge is 0.368 e. The number of nitrogens with one attached hydrogen (secondary N) is 2. The average Bonchev–Trinajstić information content (AvgIpc) is 2.60. The summed E-state index contributed by atoms with van der Waals surface area (Å²) < 4.78 is 0. The molecule has 3 rings (SSSR count). The first-order valence-corrected chi connectivity index (χ1v) is 7.45. The number of anilines is 1. The highest BCUT2D eigenvalue weighted by molar-refractivity contribution is 5.92. The van der Waals surface area contributed by atoms with Crippen LogP contribution < -0.4 is 16.1 Å². The van der Waals surface area contributed by atoms with Crippen LogP contribution in [0.5, 0.6) is 0 Å². The molecule has 1 aromatic heterocycles. The standard InChI is InChI=1S/C16H15N5O3/c17-10-11-1-3-12(4-2-11)20-5-7-21(8-6-20)15(23)13-9-14(22)19-16(24)18-13/h1-4,9H,5-8H2,(H2,18,19,22,24). The van der Waals surface area contributed by atoms with Gasteiger partial charge in [-0.2, -0.15) is 5.26 Å². The van der Waals surface area contributed by atoms with Gasteiger partial charge in [-0.05, 0) is 24.3 Å². The Morgan fingerprint density at radius 2 is 1.71 bits per heavy atom. The molecule has 0 aliphatic carbocycles. The van der Waals surface area contributed by atoms with Gasteiger partial charge in [-0.15, -0.1) is 0 Å². The Balaban J connectivity index is 1.68. The average molecular weight is 325 g/mol. The quantitative estimate of drug-likeness (QED) is 0.800. The van der Waals surface area contributed by atoms with Crippen LogP contribution >= 0.6 is 0 Å². The minimum atomic E-state index is -0.693. The first kappa shape index (κ1) is 15.6. The van der Waals surface area contributed by atoms with Gasteiger partial charge in [-0.1, -0.05) is 0 Å². The molecular weight excluding hydrogens is 310 g/mol. The predicted molar refractivity (Wildman–Crippen MR) is 87.0 cm³/mol. The highest BCUT2D eigenvalue weighted by Gasteiger charge is 2.23. The smallest absolute Gasteiger partial charge is 0.326 e. The Kier molecular flexibility index (Phi) is 4.16. The molecule has 122 valence electrons. The Morgan fingerprint density at radius 1 is 1.04 bits per heavy atom. The lowest BCUT2D eigenvalue weighted by molar-refractivity contribution is 0.0740. The molecule has 0 bridgehead atoms. The van der Waals surface area contributed by atoms with Crippen molar-refractivity contribution in [1.82, 2.24) is 14.9 Å². The van der Waals surface area contributed by atoms with Crippen LogP contribution in [0, 0.1) is 11.3 Å². The molecule has 0 unspecified atom stereocenters. The number of aromatic nitrogens is 2. The molecular formula is C16H15N5O3. The summed E-state index contributed by atoms with van der Waals surface area (Å²) in [6, 6.07) is 10.4. The summed E-state index contributed by atoms with van der Waals surface area (Å²) in [4.78, 5) is 43.1. The maximum atomic E-state index is 12.4. The Morgan fingerprint density at radius 3 is 2.29 bits per heavy atom. The zero-order valence-electron chi connectivity index (χ0n) is 12.8. The first-order valence-electron chi connectivity index (χ1n) is 7.45. The third-order valence-corrected chi connectivity index (χ3v) is 3.92. The fraction of sp³-hybridized carbons (Fsp3) is 0.250. The van der Waals surface area contributed by atoms with Gasteiger partial charge >= 0.3 is 5.69 Å². The molecule has 8 nitrogen and oxygen atoms in total. The van der Waals surface area contributed by atoms with E-state index < -0.39 is 11.2 Å². The molecule has 1 saturated heterocycles. The molecule has 1 aliphatic rings. The fourth-order valence-electron chi connectivity index (χ4n) is 2.67. The molecule has 2 N–H and O–H groups in total. The van der Waals surface area contributed by atoms with Crippen LogP contribution in [0.3, 0.4) is 0 Å². The van der Waals surface area contributed by atoms with Crippen LogP contribution in [0.15, 0.2) is 39.9 Å². The number of hydrogen-bond acceptors (Lipinski definition) is 5. The van der Waals surface area contributed by atoms with Crippen molar-refractivity contribution >= 4 is 11.6 Å². The van der Waals surface area contributed by atoms with E-state index in [0.717, 1.165) is 11.8 Å². The summed E-state index contributed by atoms with van der Waals surface area (Å²) in [6.07, 6.45) is 0. The number of carbonyl (C=O) groups excluding carboxylic acids is 1. The number of benzene rings is 1. The third kappa shape index (κ3) is 3.20. The monoisotopic (exact) mass is 325 g/mol. The minimum Gasteiger partial charge on any atom is -0.368 e. The van der Waals surface area contributed by atoms with E-state index >= 15 is 0 Å². The molecule has 2 heterocycles. The maximum absolute atomic E-state index is 12.4. The molecule has 1 aliphatic heterocycles.